The molecule has 1 N–H and O–H groups in total. The number of hydrogen-bond acceptors (Lipinski definition) is 3. The summed E-state index contributed by atoms with van der Waals surface area (Å²) in [4.78, 5) is -0.0349. The van der Waals surface area contributed by atoms with Gasteiger partial charge < -0.3 is 5.32 Å². The topological polar surface area (TPSA) is 49.4 Å². The molecule has 0 radical (unpaired) electrons. The van der Waals surface area contributed by atoms with Crippen LogP contribution in [0.15, 0.2) is 23.1 Å². The largest absolute Gasteiger partial charge is 0.316 e. The molecule has 1 aliphatic heterocycles. The number of hydrogen-bond donors (Lipinski definition) is 1. The summed E-state index contributed by atoms with van der Waals surface area (Å²) in [5, 5.41) is 3.00. The van der Waals surface area contributed by atoms with Crippen LogP contribution in [0.1, 0.15) is 12.8 Å². The lowest BCUT2D eigenvalue weighted by Crippen LogP contribution is -2.46. The van der Waals surface area contributed by atoms with Crippen LogP contribution < -0.4 is 5.32 Å². The molecule has 1 saturated heterocycles. The third-order valence-electron chi connectivity index (χ3n) is 3.30. The van der Waals surface area contributed by atoms with Crippen LogP contribution in [-0.2, 0) is 10.0 Å². The van der Waals surface area contributed by atoms with Crippen LogP contribution in [0, 0.1) is 5.82 Å². The van der Waals surface area contributed by atoms with Crippen molar-refractivity contribution in [2.75, 3.05) is 20.1 Å². The highest BCUT2D eigenvalue weighted by atomic mass is 35.5. The molecule has 0 aliphatic carbocycles. The summed E-state index contributed by atoms with van der Waals surface area (Å²) < 4.78 is 39.3. The van der Waals surface area contributed by atoms with Crippen molar-refractivity contribution in [2.24, 2.45) is 0 Å². The number of sulfonamides is 1. The Morgan fingerprint density at radius 2 is 2.21 bits per heavy atom. The first-order valence-electron chi connectivity index (χ1n) is 6.07. The molecule has 0 bridgehead atoms. The van der Waals surface area contributed by atoms with Crippen LogP contribution in [0.25, 0.3) is 0 Å². The second kappa shape index (κ2) is 5.75. The molecular formula is C12H16ClFN2O2S. The molecule has 1 fully saturated rings. The third-order valence-corrected chi connectivity index (χ3v) is 5.65. The van der Waals surface area contributed by atoms with Crippen molar-refractivity contribution in [3.63, 3.8) is 0 Å². The summed E-state index contributed by atoms with van der Waals surface area (Å²) in [6.07, 6.45) is 1.74. The fourth-order valence-electron chi connectivity index (χ4n) is 2.22. The summed E-state index contributed by atoms with van der Waals surface area (Å²) in [5.41, 5.74) is 0. The van der Waals surface area contributed by atoms with Crippen molar-refractivity contribution >= 4 is 21.6 Å². The van der Waals surface area contributed by atoms with Crippen molar-refractivity contribution in [3.8, 4) is 0 Å². The molecule has 1 atom stereocenters. The summed E-state index contributed by atoms with van der Waals surface area (Å²) in [7, 11) is -1.85. The molecule has 0 saturated carbocycles. The number of benzene rings is 1. The molecule has 0 spiro atoms. The van der Waals surface area contributed by atoms with Gasteiger partial charge in [0.2, 0.25) is 10.0 Å². The van der Waals surface area contributed by atoms with E-state index in [1.54, 1.807) is 0 Å². The van der Waals surface area contributed by atoms with E-state index in [1.807, 2.05) is 7.05 Å². The summed E-state index contributed by atoms with van der Waals surface area (Å²) in [6, 6.07) is 3.49. The number of halogens is 2. The minimum Gasteiger partial charge on any atom is -0.316 e. The lowest BCUT2D eigenvalue weighted by molar-refractivity contribution is 0.293. The lowest BCUT2D eigenvalue weighted by atomic mass is 10.1. The van der Waals surface area contributed by atoms with Gasteiger partial charge in [-0.05, 0) is 38.1 Å². The van der Waals surface area contributed by atoms with E-state index in [-0.39, 0.29) is 16.0 Å². The maximum Gasteiger partial charge on any atom is 0.244 e. The molecule has 2 rings (SSSR count). The Balaban J connectivity index is 2.31. The Bertz CT molecular complexity index is 565. The molecule has 1 aliphatic rings. The maximum atomic E-state index is 13.0. The Hall–Kier alpha value is -0.690. The highest BCUT2D eigenvalue weighted by molar-refractivity contribution is 7.89. The normalized spacial score (nSPS) is 21.5. The van der Waals surface area contributed by atoms with Crippen LogP contribution in [-0.4, -0.2) is 38.9 Å². The Morgan fingerprint density at radius 1 is 1.47 bits per heavy atom. The highest BCUT2D eigenvalue weighted by Gasteiger charge is 2.31. The number of piperidine rings is 1. The fraction of sp³-hybridized carbons (Fsp3) is 0.500. The minimum atomic E-state index is -3.66. The van der Waals surface area contributed by atoms with Gasteiger partial charge in [0.25, 0.3) is 0 Å². The molecule has 19 heavy (non-hydrogen) atoms. The Labute approximate surface area is 117 Å². The van der Waals surface area contributed by atoms with Gasteiger partial charge >= 0.3 is 0 Å². The first-order valence-corrected chi connectivity index (χ1v) is 7.89. The maximum absolute atomic E-state index is 13.0. The summed E-state index contributed by atoms with van der Waals surface area (Å²) in [6.45, 7) is 0.876. The first kappa shape index (κ1) is 14.7. The van der Waals surface area contributed by atoms with E-state index in [4.69, 9.17) is 11.6 Å². The predicted octanol–water partition coefficient (Wildman–Crippen LogP) is 1.85. The van der Waals surface area contributed by atoms with Gasteiger partial charge in [0, 0.05) is 19.1 Å². The monoisotopic (exact) mass is 306 g/mol. The second-order valence-corrected chi connectivity index (χ2v) is 6.88. The van der Waals surface area contributed by atoms with Gasteiger partial charge in [-0.1, -0.05) is 11.6 Å². The number of nitrogens with one attached hydrogen (secondary N) is 1. The molecule has 4 nitrogen and oxygen atoms in total. The number of nitrogens with zero attached hydrogens (tertiary/aromatic N) is 1. The van der Waals surface area contributed by atoms with Crippen molar-refractivity contribution in [1.82, 2.24) is 9.62 Å². The molecule has 0 unspecified atom stereocenters. The Kier molecular flexibility index (Phi) is 4.45. The molecule has 0 amide bonds. The van der Waals surface area contributed by atoms with E-state index >= 15 is 0 Å². The molecule has 0 aromatic heterocycles. The Morgan fingerprint density at radius 3 is 2.84 bits per heavy atom. The summed E-state index contributed by atoms with van der Waals surface area (Å²) in [5.74, 6) is -0.546. The zero-order valence-electron chi connectivity index (χ0n) is 10.6. The first-order chi connectivity index (χ1) is 8.95. The van der Waals surface area contributed by atoms with Crippen LogP contribution in [0.5, 0.6) is 0 Å². The average Bonchev–Trinajstić information content (AvgIpc) is 2.38. The van der Waals surface area contributed by atoms with Crippen molar-refractivity contribution in [2.45, 2.75) is 23.8 Å². The van der Waals surface area contributed by atoms with Crippen molar-refractivity contribution in [3.05, 3.63) is 29.0 Å². The third kappa shape index (κ3) is 3.08. The number of rotatable bonds is 3. The average molecular weight is 307 g/mol. The quantitative estimate of drug-likeness (QED) is 0.927. The summed E-state index contributed by atoms with van der Waals surface area (Å²) >= 11 is 5.84. The molecular weight excluding hydrogens is 291 g/mol. The van der Waals surface area contributed by atoms with Gasteiger partial charge in [-0.25, -0.2) is 12.8 Å². The van der Waals surface area contributed by atoms with Gasteiger partial charge in [-0.3, -0.25) is 0 Å². The molecule has 7 heteroatoms. The fourth-order valence-corrected chi connectivity index (χ4v) is 4.25. The smallest absolute Gasteiger partial charge is 0.244 e. The zero-order valence-corrected chi connectivity index (χ0v) is 12.1. The molecule has 1 aromatic rings. The van der Waals surface area contributed by atoms with Crippen LogP contribution in [0.4, 0.5) is 4.39 Å². The lowest BCUT2D eigenvalue weighted by Gasteiger charge is -2.31. The number of likely N-dealkylation sites (N-methyl/N-ethyl adjacent to an activating group) is 1. The second-order valence-electron chi connectivity index (χ2n) is 4.57. The van der Waals surface area contributed by atoms with Crippen LogP contribution in [0.2, 0.25) is 5.02 Å². The van der Waals surface area contributed by atoms with Gasteiger partial charge in [0.15, 0.2) is 0 Å². The predicted molar refractivity (Wildman–Crippen MR) is 72.3 cm³/mol. The minimum absolute atomic E-state index is 0.0349. The molecule has 106 valence electrons. The van der Waals surface area contributed by atoms with E-state index < -0.39 is 15.8 Å². The van der Waals surface area contributed by atoms with Crippen LogP contribution >= 0.6 is 11.6 Å². The molecule has 1 heterocycles. The SMILES string of the molecule is CN[C@@H]1CCCN(S(=O)(=O)c2ccc(F)cc2Cl)C1. The van der Waals surface area contributed by atoms with E-state index in [0.717, 1.165) is 25.0 Å². The molecule has 1 aromatic carbocycles. The van der Waals surface area contributed by atoms with E-state index in [1.165, 1.54) is 10.4 Å². The highest BCUT2D eigenvalue weighted by Crippen LogP contribution is 2.27. The zero-order chi connectivity index (χ0) is 14.0. The van der Waals surface area contributed by atoms with Gasteiger partial charge in [0.05, 0.1) is 5.02 Å². The van der Waals surface area contributed by atoms with Gasteiger partial charge in [0.1, 0.15) is 10.7 Å². The van der Waals surface area contributed by atoms with E-state index in [0.29, 0.717) is 13.1 Å². The standard InChI is InChI=1S/C12H16ClFN2O2S/c1-15-10-3-2-6-16(8-10)19(17,18)12-5-4-9(14)7-11(12)13/h4-5,7,10,15H,2-3,6,8H2,1H3/t10-/m1/s1. The van der Waals surface area contributed by atoms with Gasteiger partial charge in [-0.2, -0.15) is 4.31 Å². The van der Waals surface area contributed by atoms with Crippen molar-refractivity contribution in [1.29, 1.82) is 0 Å². The van der Waals surface area contributed by atoms with E-state index in [2.05, 4.69) is 5.32 Å². The van der Waals surface area contributed by atoms with Gasteiger partial charge in [-0.15, -0.1) is 0 Å². The van der Waals surface area contributed by atoms with Crippen molar-refractivity contribution < 1.29 is 12.8 Å². The van der Waals surface area contributed by atoms with Crippen LogP contribution in [0.3, 0.4) is 0 Å². The van der Waals surface area contributed by atoms with E-state index in [9.17, 15) is 12.8 Å².